The van der Waals surface area contributed by atoms with Crippen LogP contribution in [0.15, 0.2) is 77.3 Å². The molecule has 0 aliphatic heterocycles. The Morgan fingerprint density at radius 1 is 0.921 bits per heavy atom. The molecule has 0 heterocycles. The van der Waals surface area contributed by atoms with E-state index in [-0.39, 0.29) is 11.5 Å². The number of rotatable bonds is 9. The summed E-state index contributed by atoms with van der Waals surface area (Å²) in [5.74, 6) is -4.08. The Bertz CT molecular complexity index is 1240. The first-order valence-electron chi connectivity index (χ1n) is 11.5. The van der Waals surface area contributed by atoms with Gasteiger partial charge in [0.25, 0.3) is 5.91 Å². The number of aliphatic carboxylic acids is 1. The maximum atomic E-state index is 12.9. The fourth-order valence-corrected chi connectivity index (χ4v) is 3.54. The summed E-state index contributed by atoms with van der Waals surface area (Å²) in [6, 6.07) is 22.0. The van der Waals surface area contributed by atoms with E-state index in [4.69, 9.17) is 9.90 Å². The predicted molar refractivity (Wildman–Crippen MR) is 142 cm³/mol. The first-order valence-corrected chi connectivity index (χ1v) is 12.2. The molecule has 0 saturated carbocycles. The number of halogens is 4. The number of carbonyl (C=O) groups is 3. The summed E-state index contributed by atoms with van der Waals surface area (Å²) in [6.07, 6.45) is -3.08. The predicted octanol–water partition coefficient (Wildman–Crippen LogP) is 6.84. The van der Waals surface area contributed by atoms with Crippen molar-refractivity contribution in [3.63, 3.8) is 0 Å². The average molecular weight is 595 g/mol. The quantitative estimate of drug-likeness (QED) is 0.250. The van der Waals surface area contributed by atoms with Crippen molar-refractivity contribution in [2.45, 2.75) is 32.5 Å². The number of unbranched alkanes of at least 4 members (excludes halogenated alkanes) is 1. The van der Waals surface area contributed by atoms with Crippen LogP contribution in [0.25, 0.3) is 0 Å². The first kappa shape index (κ1) is 30.4. The van der Waals surface area contributed by atoms with E-state index < -0.39 is 18.1 Å². The van der Waals surface area contributed by atoms with Crippen molar-refractivity contribution in [2.75, 3.05) is 16.8 Å². The number of hydrogen-bond donors (Lipinski definition) is 3. The summed E-state index contributed by atoms with van der Waals surface area (Å²) in [6.45, 7) is 3.58. The van der Waals surface area contributed by atoms with Crippen LogP contribution in [0.5, 0.6) is 0 Å². The van der Waals surface area contributed by atoms with Crippen LogP contribution in [0, 0.1) is 0 Å². The number of hydrogen-bond acceptors (Lipinski definition) is 4. The van der Waals surface area contributed by atoms with E-state index in [1.54, 1.807) is 36.4 Å². The Morgan fingerprint density at radius 3 is 2.03 bits per heavy atom. The molecule has 0 atom stereocenters. The maximum Gasteiger partial charge on any atom is 0.490 e. The highest BCUT2D eigenvalue weighted by Crippen LogP contribution is 2.30. The van der Waals surface area contributed by atoms with Crippen LogP contribution in [0.1, 0.15) is 46.0 Å². The minimum Gasteiger partial charge on any atom is -0.478 e. The Labute approximate surface area is 226 Å². The number of carbonyl (C=O) groups excluding carboxylic acids is 1. The van der Waals surface area contributed by atoms with Crippen molar-refractivity contribution in [1.29, 1.82) is 0 Å². The van der Waals surface area contributed by atoms with Gasteiger partial charge in [-0.3, -0.25) is 4.79 Å². The van der Waals surface area contributed by atoms with Crippen molar-refractivity contribution in [1.82, 2.24) is 0 Å². The Hall–Kier alpha value is -3.86. The molecular weight excluding hydrogens is 569 g/mol. The minimum absolute atomic E-state index is 0.130. The van der Waals surface area contributed by atoms with E-state index in [1.165, 1.54) is 6.07 Å². The normalized spacial score (nSPS) is 10.7. The molecule has 3 aromatic rings. The monoisotopic (exact) mass is 594 g/mol. The summed E-state index contributed by atoms with van der Waals surface area (Å²) in [5, 5.41) is 19.5. The molecule has 3 aromatic carbocycles. The summed E-state index contributed by atoms with van der Waals surface area (Å²) < 4.78 is 32.6. The molecule has 0 bridgehead atoms. The number of aromatic carboxylic acids is 1. The van der Waals surface area contributed by atoms with Gasteiger partial charge in [-0.15, -0.1) is 0 Å². The van der Waals surface area contributed by atoms with Gasteiger partial charge in [0.15, 0.2) is 0 Å². The lowest BCUT2D eigenvalue weighted by Gasteiger charge is -2.27. The van der Waals surface area contributed by atoms with Crippen LogP contribution in [0.3, 0.4) is 0 Å². The van der Waals surface area contributed by atoms with Gasteiger partial charge in [0.05, 0.1) is 16.9 Å². The molecule has 202 valence electrons. The zero-order valence-corrected chi connectivity index (χ0v) is 21.9. The summed E-state index contributed by atoms with van der Waals surface area (Å²) in [4.78, 5) is 35.5. The van der Waals surface area contributed by atoms with Gasteiger partial charge in [-0.05, 0) is 54.4 Å². The number of alkyl halides is 3. The van der Waals surface area contributed by atoms with Crippen LogP contribution in [-0.4, -0.2) is 40.8 Å². The van der Waals surface area contributed by atoms with Gasteiger partial charge < -0.3 is 20.4 Å². The Balaban J connectivity index is 0.000000638. The SMILES string of the molecule is CCCCN(Cc1ccccc1)c1ccc(C(=O)O)cc1NC(=O)c1ccc(Br)cc1.O=C(O)C(F)(F)F. The Kier molecular flexibility index (Phi) is 11.3. The topological polar surface area (TPSA) is 107 Å². The Morgan fingerprint density at radius 2 is 1.50 bits per heavy atom. The third-order valence-corrected chi connectivity index (χ3v) is 5.71. The lowest BCUT2D eigenvalue weighted by atomic mass is 10.1. The van der Waals surface area contributed by atoms with Crippen LogP contribution < -0.4 is 10.2 Å². The van der Waals surface area contributed by atoms with E-state index >= 15 is 0 Å². The van der Waals surface area contributed by atoms with Crippen molar-refractivity contribution >= 4 is 45.2 Å². The molecule has 0 spiro atoms. The van der Waals surface area contributed by atoms with Crippen molar-refractivity contribution in [2.24, 2.45) is 0 Å². The van der Waals surface area contributed by atoms with Crippen LogP contribution >= 0.6 is 15.9 Å². The van der Waals surface area contributed by atoms with E-state index in [2.05, 4.69) is 45.2 Å². The highest BCUT2D eigenvalue weighted by Gasteiger charge is 2.38. The molecule has 11 heteroatoms. The lowest BCUT2D eigenvalue weighted by molar-refractivity contribution is -0.192. The van der Waals surface area contributed by atoms with Gasteiger partial charge in [-0.1, -0.05) is 59.6 Å². The number of carboxylic acid groups (broad SMARTS) is 2. The molecule has 0 aromatic heterocycles. The zero-order valence-electron chi connectivity index (χ0n) is 20.3. The number of nitrogens with zero attached hydrogens (tertiary/aromatic N) is 1. The highest BCUT2D eigenvalue weighted by molar-refractivity contribution is 9.10. The maximum absolute atomic E-state index is 12.9. The summed E-state index contributed by atoms with van der Waals surface area (Å²) in [5.41, 5.74) is 3.06. The number of benzene rings is 3. The second-order valence-corrected chi connectivity index (χ2v) is 8.98. The number of carboxylic acids is 2. The highest BCUT2D eigenvalue weighted by atomic mass is 79.9. The molecule has 0 aliphatic rings. The minimum atomic E-state index is -5.08. The van der Waals surface area contributed by atoms with Crippen LogP contribution in [0.4, 0.5) is 24.5 Å². The molecule has 0 fully saturated rings. The fourth-order valence-electron chi connectivity index (χ4n) is 3.28. The standard InChI is InChI=1S/C25H25BrN2O3.C2HF3O2/c1-2-3-15-28(17-18-7-5-4-6-8-18)23-14-11-20(25(30)31)16-22(23)27-24(29)19-9-12-21(26)13-10-19;3-2(4,5)1(6)7/h4-14,16H,2-3,15,17H2,1H3,(H,27,29)(H,30,31);(H,6,7). The first-order chi connectivity index (χ1) is 17.9. The van der Waals surface area contributed by atoms with Crippen molar-refractivity contribution in [3.8, 4) is 0 Å². The number of anilines is 2. The second-order valence-electron chi connectivity index (χ2n) is 8.06. The van der Waals surface area contributed by atoms with E-state index in [0.717, 1.165) is 35.1 Å². The molecule has 0 unspecified atom stereocenters. The van der Waals surface area contributed by atoms with Gasteiger partial charge in [0, 0.05) is 23.1 Å². The molecule has 3 rings (SSSR count). The van der Waals surface area contributed by atoms with Crippen molar-refractivity contribution in [3.05, 3.63) is 94.0 Å². The van der Waals surface area contributed by atoms with E-state index in [0.29, 0.717) is 17.8 Å². The van der Waals surface area contributed by atoms with Gasteiger partial charge in [0.2, 0.25) is 0 Å². The summed E-state index contributed by atoms with van der Waals surface area (Å²) in [7, 11) is 0. The van der Waals surface area contributed by atoms with E-state index in [1.807, 2.05) is 18.2 Å². The molecule has 7 nitrogen and oxygen atoms in total. The van der Waals surface area contributed by atoms with Gasteiger partial charge in [-0.25, -0.2) is 9.59 Å². The van der Waals surface area contributed by atoms with Crippen LogP contribution in [0.2, 0.25) is 0 Å². The largest absolute Gasteiger partial charge is 0.490 e. The average Bonchev–Trinajstić information content (AvgIpc) is 2.87. The number of amides is 1. The zero-order chi connectivity index (χ0) is 28.3. The fraction of sp³-hybridized carbons (Fsp3) is 0.222. The molecule has 38 heavy (non-hydrogen) atoms. The van der Waals surface area contributed by atoms with Gasteiger partial charge in [-0.2, -0.15) is 13.2 Å². The molecule has 0 radical (unpaired) electrons. The van der Waals surface area contributed by atoms with Crippen LogP contribution in [-0.2, 0) is 11.3 Å². The van der Waals surface area contributed by atoms with Crippen molar-refractivity contribution < 1.29 is 37.8 Å². The molecular formula is C27H26BrF3N2O5. The smallest absolute Gasteiger partial charge is 0.478 e. The lowest BCUT2D eigenvalue weighted by Crippen LogP contribution is -2.26. The molecule has 0 aliphatic carbocycles. The third-order valence-electron chi connectivity index (χ3n) is 5.18. The molecule has 1 amide bonds. The number of nitrogens with one attached hydrogen (secondary N) is 1. The third kappa shape index (κ3) is 9.55. The van der Waals surface area contributed by atoms with Gasteiger partial charge >= 0.3 is 18.1 Å². The summed E-state index contributed by atoms with van der Waals surface area (Å²) >= 11 is 3.37. The van der Waals surface area contributed by atoms with E-state index in [9.17, 15) is 27.9 Å². The second kappa shape index (κ2) is 14.2. The van der Waals surface area contributed by atoms with Gasteiger partial charge in [0.1, 0.15) is 0 Å². The molecule has 0 saturated heterocycles. The molecule has 3 N–H and O–H groups in total.